The van der Waals surface area contributed by atoms with Crippen LogP contribution in [0.4, 0.5) is 9.59 Å². The van der Waals surface area contributed by atoms with Gasteiger partial charge in [-0.1, -0.05) is 49.5 Å². The fraction of sp³-hybridized carbons (Fsp3) is 0.932. The van der Waals surface area contributed by atoms with Crippen molar-refractivity contribution in [1.82, 2.24) is 15.5 Å². The van der Waals surface area contributed by atoms with Gasteiger partial charge in [0.2, 0.25) is 0 Å². The van der Waals surface area contributed by atoms with Crippen molar-refractivity contribution in [3.63, 3.8) is 0 Å². The van der Waals surface area contributed by atoms with Crippen LogP contribution in [-0.4, -0.2) is 116 Å². The van der Waals surface area contributed by atoms with Crippen LogP contribution in [0.25, 0.3) is 0 Å². The molecule has 0 atom stereocenters. The molecule has 0 aromatic carbocycles. The van der Waals surface area contributed by atoms with Crippen molar-refractivity contribution in [2.75, 3.05) is 27.3 Å². The van der Waals surface area contributed by atoms with E-state index in [1.807, 2.05) is 41.5 Å². The molecule has 4 aliphatic carbocycles. The first-order valence-electron chi connectivity index (χ1n) is 20.9. The summed E-state index contributed by atoms with van der Waals surface area (Å²) in [5.41, 5.74) is 28.2. The maximum absolute atomic E-state index is 11.8. The molecule has 1 aliphatic heterocycles. The Balaban J connectivity index is -0.000000151. The molecule has 1 saturated heterocycles. The number of rotatable bonds is 6. The molecule has 5 aliphatic rings. The standard InChI is InChI=1S/C12H24N2O2.C11H22N2O2.C7H16N2.C6H14N2.C4H7O.4CH4.Al.Li.3H/c1-12(2,3)16-11(15)14(4)10-7-5-9(13)6-8-10;1-2-3-8-15-11(14)13-10-6-4-9(12)5-7-10;1-9-7-4-2-6(8)3-5-7;7-5-1-2-6(8)4-3-5;1-2-4-5-3-1;;;;;;;;;/h9-10H,5-8,13H2,1-4H3;9-10H,2-8,12H2,1H3,(H,13,14);6-7,9H,2-5,8H2,1H3;5-6H,1-4,7-8H2;3H,1-2,4H2;4*1H4;;;;;/q;;;;-1;;;;;;+1;;;. The molecule has 0 unspecified atom stereocenters. The zero-order valence-corrected chi connectivity index (χ0v) is 35.6. The van der Waals surface area contributed by atoms with Gasteiger partial charge in [0.1, 0.15) is 5.60 Å². The van der Waals surface area contributed by atoms with Gasteiger partial charge >= 0.3 is 31.0 Å². The second kappa shape index (κ2) is 41.4. The summed E-state index contributed by atoms with van der Waals surface area (Å²) >= 11 is 0. The van der Waals surface area contributed by atoms with Crippen LogP contribution in [0.5, 0.6) is 0 Å². The van der Waals surface area contributed by atoms with E-state index in [1.165, 1.54) is 32.1 Å². The summed E-state index contributed by atoms with van der Waals surface area (Å²) in [5, 5.41) is 6.15. The van der Waals surface area contributed by atoms with Crippen molar-refractivity contribution in [2.24, 2.45) is 28.7 Å². The first-order chi connectivity index (χ1) is 25.1. The second-order valence-electron chi connectivity index (χ2n) is 16.7. The predicted octanol–water partition coefficient (Wildman–Crippen LogP) is 3.92. The number of unbranched alkanes of at least 4 members (excludes halogenated alkanes) is 1. The number of nitrogens with two attached hydrogens (primary N) is 5. The molecule has 2 amide bonds. The third-order valence-corrected chi connectivity index (χ3v) is 10.5. The minimum Gasteiger partial charge on any atom is -0.552 e. The van der Waals surface area contributed by atoms with Gasteiger partial charge in [-0.3, -0.25) is 0 Å². The molecule has 0 aromatic heterocycles. The average Bonchev–Trinajstić information content (AvgIpc) is 3.72. The predicted molar refractivity (Wildman–Crippen MR) is 254 cm³/mol. The number of hydrogen-bond donors (Lipinski definition) is 7. The average molecular weight is 857 g/mol. The van der Waals surface area contributed by atoms with Crippen molar-refractivity contribution in [2.45, 2.75) is 240 Å². The number of carbonyl (C=O) groups excluding carboxylic acids is 2. The Bertz CT molecular complexity index is 904. The molecule has 1 heterocycles. The maximum atomic E-state index is 11.8. The van der Waals surface area contributed by atoms with Crippen LogP contribution in [0, 0.1) is 6.61 Å². The molecule has 59 heavy (non-hydrogen) atoms. The fourth-order valence-corrected chi connectivity index (χ4v) is 6.72. The normalized spacial score (nSPS) is 26.8. The van der Waals surface area contributed by atoms with Gasteiger partial charge in [-0.2, -0.15) is 6.42 Å². The van der Waals surface area contributed by atoms with E-state index in [0.29, 0.717) is 36.8 Å². The number of alkyl carbamates (subject to hydrolysis) is 1. The topological polar surface area (TPSA) is 219 Å². The van der Waals surface area contributed by atoms with Gasteiger partial charge in [0.05, 0.1) is 6.61 Å². The first-order valence-corrected chi connectivity index (χ1v) is 20.9. The molecule has 0 spiro atoms. The Kier molecular flexibility index (Phi) is 49.2. The van der Waals surface area contributed by atoms with Crippen molar-refractivity contribution < 1.29 is 42.7 Å². The Morgan fingerprint density at radius 2 is 1.10 bits per heavy atom. The Morgan fingerprint density at radius 3 is 1.42 bits per heavy atom. The first kappa shape index (κ1) is 70.1. The van der Waals surface area contributed by atoms with Gasteiger partial charge in [-0.05, 0) is 137 Å². The summed E-state index contributed by atoms with van der Waals surface area (Å²) in [6.07, 6.45) is 21.2. The van der Waals surface area contributed by atoms with Crippen molar-refractivity contribution in [1.29, 1.82) is 0 Å². The zero-order valence-electron chi connectivity index (χ0n) is 35.6. The Hall–Kier alpha value is -0.610. The van der Waals surface area contributed by atoms with Crippen LogP contribution in [0.1, 0.15) is 186 Å². The van der Waals surface area contributed by atoms with Crippen LogP contribution in [-0.2, 0) is 14.2 Å². The van der Waals surface area contributed by atoms with Crippen molar-refractivity contribution in [3.05, 3.63) is 6.61 Å². The van der Waals surface area contributed by atoms with Crippen molar-refractivity contribution in [3.8, 4) is 0 Å². The molecule has 0 radical (unpaired) electrons. The third-order valence-electron chi connectivity index (χ3n) is 10.5. The number of nitrogens with one attached hydrogen (secondary N) is 2. The smallest absolute Gasteiger partial charge is 0.552 e. The van der Waals surface area contributed by atoms with Crippen LogP contribution in [0.3, 0.4) is 0 Å². The summed E-state index contributed by atoms with van der Waals surface area (Å²) in [6.45, 7) is 11.1. The van der Waals surface area contributed by atoms with Crippen LogP contribution in [0.15, 0.2) is 0 Å². The quantitative estimate of drug-likeness (QED) is 0.115. The number of carbonyl (C=O) groups is 2. The molecular weight excluding hydrogens is 754 g/mol. The van der Waals surface area contributed by atoms with E-state index in [2.05, 4.69) is 17.6 Å². The van der Waals surface area contributed by atoms with Crippen molar-refractivity contribution >= 4 is 29.5 Å². The second-order valence-corrected chi connectivity index (χ2v) is 16.7. The molecule has 4 saturated carbocycles. The molecule has 0 bridgehead atoms. The number of nitrogens with zero attached hydrogens (tertiary/aromatic N) is 1. The van der Waals surface area contributed by atoms with Crippen LogP contribution < -0.4 is 58.2 Å². The zero-order chi connectivity index (χ0) is 39.6. The Labute approximate surface area is 388 Å². The van der Waals surface area contributed by atoms with Crippen LogP contribution >= 0.6 is 0 Å². The minimum absolute atomic E-state index is 0. The number of amides is 2. The van der Waals surface area contributed by atoms with E-state index < -0.39 is 5.60 Å². The van der Waals surface area contributed by atoms with Gasteiger partial charge < -0.3 is 58.4 Å². The van der Waals surface area contributed by atoms with E-state index in [1.54, 1.807) is 4.90 Å². The van der Waals surface area contributed by atoms with Crippen LogP contribution in [0.2, 0.25) is 0 Å². The summed E-state index contributed by atoms with van der Waals surface area (Å²) in [7, 11) is 3.84. The summed E-state index contributed by atoms with van der Waals surface area (Å²) in [4.78, 5) is 24.8. The summed E-state index contributed by atoms with van der Waals surface area (Å²) in [6, 6.07) is 3.28. The third kappa shape index (κ3) is 37.6. The summed E-state index contributed by atoms with van der Waals surface area (Å²) < 4.78 is 15.2. The molecule has 13 nitrogen and oxygen atoms in total. The van der Waals surface area contributed by atoms with Gasteiger partial charge in [-0.25, -0.2) is 16.2 Å². The molecular formula is C44H102AlLiN8O5. The van der Waals surface area contributed by atoms with E-state index in [9.17, 15) is 9.59 Å². The molecule has 15 heteroatoms. The largest absolute Gasteiger partial charge is 1.00 e. The minimum atomic E-state index is -0.420. The van der Waals surface area contributed by atoms with E-state index in [0.717, 1.165) is 109 Å². The van der Waals surface area contributed by atoms with Gasteiger partial charge in [-0.15, -0.1) is 0 Å². The van der Waals surface area contributed by atoms with E-state index in [-0.39, 0.29) is 90.2 Å². The monoisotopic (exact) mass is 857 g/mol. The van der Waals surface area contributed by atoms with E-state index in [4.69, 9.17) is 42.9 Å². The van der Waals surface area contributed by atoms with Gasteiger partial charge in [0, 0.05) is 62.0 Å². The maximum Gasteiger partial charge on any atom is 1.00 e. The molecule has 0 aromatic rings. The molecule has 12 N–H and O–H groups in total. The fourth-order valence-electron chi connectivity index (χ4n) is 6.72. The van der Waals surface area contributed by atoms with E-state index >= 15 is 0 Å². The summed E-state index contributed by atoms with van der Waals surface area (Å²) in [5.74, 6) is 0. The number of hydrogen-bond acceptors (Lipinski definition) is 11. The molecule has 5 fully saturated rings. The molecule has 352 valence electrons. The Morgan fingerprint density at radius 1 is 0.712 bits per heavy atom. The van der Waals surface area contributed by atoms with Gasteiger partial charge in [0.15, 0.2) is 17.4 Å². The van der Waals surface area contributed by atoms with Gasteiger partial charge in [0.25, 0.3) is 0 Å². The SMILES string of the molecule is C.C.C.C.CCCCOC(=O)NC1CCC(N)CC1.CN(C(=O)OC(C)(C)C)C1CCC(N)CC1.CNC1CCC(N)CC1.NC1CCC(N)CC1.[AlH3].[CH-]1CCCO1.[Li+]. The number of ether oxygens (including phenoxy) is 3. The molecule has 5 rings (SSSR count).